The monoisotopic (exact) mass is 429 g/mol. The molecule has 0 unspecified atom stereocenters. The van der Waals surface area contributed by atoms with E-state index in [2.05, 4.69) is 10.7 Å². The van der Waals surface area contributed by atoms with Crippen molar-refractivity contribution in [3.05, 3.63) is 95.3 Å². The summed E-state index contributed by atoms with van der Waals surface area (Å²) >= 11 is 0. The van der Waals surface area contributed by atoms with Crippen LogP contribution in [0.5, 0.6) is 5.75 Å². The van der Waals surface area contributed by atoms with Crippen LogP contribution in [0.4, 0.5) is 14.9 Å². The van der Waals surface area contributed by atoms with Gasteiger partial charge < -0.3 is 10.1 Å². The van der Waals surface area contributed by atoms with Crippen molar-refractivity contribution in [2.75, 3.05) is 11.9 Å². The number of rotatable bonds is 3. The minimum Gasteiger partial charge on any atom is -0.487 e. The minimum atomic E-state index is -0.299. The van der Waals surface area contributed by atoms with E-state index in [9.17, 15) is 9.18 Å². The van der Waals surface area contributed by atoms with Crippen LogP contribution in [0.2, 0.25) is 0 Å². The van der Waals surface area contributed by atoms with E-state index in [-0.39, 0.29) is 17.4 Å². The Balaban J connectivity index is 1.38. The van der Waals surface area contributed by atoms with Crippen LogP contribution in [0, 0.1) is 5.82 Å². The molecule has 2 amide bonds. The molecule has 0 spiro atoms. The Morgan fingerprint density at radius 2 is 1.78 bits per heavy atom. The van der Waals surface area contributed by atoms with E-state index in [1.165, 1.54) is 17.1 Å². The third kappa shape index (κ3) is 3.91. The number of hydrogen-bond acceptors (Lipinski definition) is 3. The Bertz CT molecular complexity index is 1200. The van der Waals surface area contributed by atoms with Gasteiger partial charge in [-0.25, -0.2) is 14.2 Å². The molecule has 5 nitrogen and oxygen atoms in total. The fourth-order valence-corrected chi connectivity index (χ4v) is 4.21. The molecule has 0 bridgehead atoms. The van der Waals surface area contributed by atoms with Crippen molar-refractivity contribution in [1.29, 1.82) is 0 Å². The van der Waals surface area contributed by atoms with Gasteiger partial charge >= 0.3 is 6.03 Å². The number of halogens is 1. The third-order valence-corrected chi connectivity index (χ3v) is 5.68. The molecule has 0 fully saturated rings. The molecule has 0 aliphatic carbocycles. The summed E-state index contributed by atoms with van der Waals surface area (Å²) in [6.07, 6.45) is 0.794. The zero-order valence-corrected chi connectivity index (χ0v) is 18.0. The fraction of sp³-hybridized carbons (Fsp3) is 0.192. The zero-order chi connectivity index (χ0) is 22.3. The summed E-state index contributed by atoms with van der Waals surface area (Å²) in [6.45, 7) is 4.48. The summed E-state index contributed by atoms with van der Waals surface area (Å²) in [6, 6.07) is 21.6. The van der Waals surface area contributed by atoms with Gasteiger partial charge in [0.25, 0.3) is 0 Å². The standard InChI is InChI=1S/C26H24FN3O2/c1-26(2)15-19-14-21(12-13-23(19)32-26)28-25(31)30-16-22(17-6-4-3-5-7-17)24(29-30)18-8-10-20(27)11-9-18/h3-14,29H,15-16H2,1-2H3,(H,28,31). The van der Waals surface area contributed by atoms with Gasteiger partial charge in [-0.15, -0.1) is 0 Å². The van der Waals surface area contributed by atoms with Crippen LogP contribution in [0.15, 0.2) is 72.8 Å². The summed E-state index contributed by atoms with van der Waals surface area (Å²) in [5, 5.41) is 4.51. The van der Waals surface area contributed by atoms with Crippen LogP contribution in [-0.4, -0.2) is 23.2 Å². The van der Waals surface area contributed by atoms with Gasteiger partial charge in [-0.05, 0) is 67.4 Å². The predicted octanol–water partition coefficient (Wildman–Crippen LogP) is 5.46. The summed E-state index contributed by atoms with van der Waals surface area (Å²) < 4.78 is 19.4. The lowest BCUT2D eigenvalue weighted by Gasteiger charge is -2.19. The van der Waals surface area contributed by atoms with Crippen LogP contribution < -0.4 is 15.5 Å². The number of urea groups is 1. The normalized spacial score (nSPS) is 16.4. The van der Waals surface area contributed by atoms with Crippen LogP contribution in [-0.2, 0) is 6.42 Å². The number of nitrogens with zero attached hydrogens (tertiary/aromatic N) is 1. The number of fused-ring (bicyclic) bond motifs is 1. The van der Waals surface area contributed by atoms with Gasteiger partial charge in [0, 0.05) is 23.2 Å². The number of anilines is 1. The number of carbonyl (C=O) groups is 1. The molecule has 2 aliphatic heterocycles. The van der Waals surface area contributed by atoms with E-state index in [0.717, 1.165) is 40.1 Å². The van der Waals surface area contributed by atoms with Crippen molar-refractivity contribution in [3.8, 4) is 5.75 Å². The molecular formula is C26H24FN3O2. The summed E-state index contributed by atoms with van der Waals surface area (Å²) in [5.41, 5.74) is 8.35. The lowest BCUT2D eigenvalue weighted by Crippen LogP contribution is -2.40. The second-order valence-electron chi connectivity index (χ2n) is 8.72. The molecular weight excluding hydrogens is 405 g/mol. The Hall–Kier alpha value is -3.80. The second-order valence-corrected chi connectivity index (χ2v) is 8.72. The second kappa shape index (κ2) is 7.71. The number of benzene rings is 3. The topological polar surface area (TPSA) is 53.6 Å². The number of nitrogens with one attached hydrogen (secondary N) is 2. The minimum absolute atomic E-state index is 0.236. The van der Waals surface area contributed by atoms with Crippen molar-refractivity contribution in [2.24, 2.45) is 0 Å². The highest BCUT2D eigenvalue weighted by atomic mass is 19.1. The first-order chi connectivity index (χ1) is 15.4. The van der Waals surface area contributed by atoms with E-state index in [4.69, 9.17) is 4.74 Å². The number of carbonyl (C=O) groups excluding carboxylic acids is 1. The molecule has 0 saturated carbocycles. The number of ether oxygens (including phenoxy) is 1. The highest BCUT2D eigenvalue weighted by molar-refractivity contribution is 5.98. The number of hydrazine groups is 1. The van der Waals surface area contributed by atoms with Crippen molar-refractivity contribution >= 4 is 23.0 Å². The molecule has 3 aromatic carbocycles. The highest BCUT2D eigenvalue weighted by Crippen LogP contribution is 2.36. The Labute approximate surface area is 186 Å². The van der Waals surface area contributed by atoms with E-state index >= 15 is 0 Å². The van der Waals surface area contributed by atoms with E-state index in [1.807, 2.05) is 62.4 Å². The molecule has 162 valence electrons. The van der Waals surface area contributed by atoms with Crippen molar-refractivity contribution in [3.63, 3.8) is 0 Å². The molecule has 2 aliphatic rings. The summed E-state index contributed by atoms with van der Waals surface area (Å²) in [4.78, 5) is 13.1. The first kappa shape index (κ1) is 20.1. The van der Waals surface area contributed by atoms with Gasteiger partial charge in [-0.1, -0.05) is 30.3 Å². The van der Waals surface area contributed by atoms with E-state index in [1.54, 1.807) is 12.1 Å². The summed E-state index contributed by atoms with van der Waals surface area (Å²) in [5.74, 6) is 0.561. The Morgan fingerprint density at radius 3 is 2.53 bits per heavy atom. The van der Waals surface area contributed by atoms with Gasteiger partial charge in [0.1, 0.15) is 17.2 Å². The Morgan fingerprint density at radius 1 is 1.03 bits per heavy atom. The average Bonchev–Trinajstić information content (AvgIpc) is 3.35. The summed E-state index contributed by atoms with van der Waals surface area (Å²) in [7, 11) is 0. The van der Waals surface area contributed by atoms with Gasteiger partial charge in [0.15, 0.2) is 0 Å². The van der Waals surface area contributed by atoms with Gasteiger partial charge in [-0.2, -0.15) is 0 Å². The molecule has 2 N–H and O–H groups in total. The first-order valence-electron chi connectivity index (χ1n) is 10.6. The van der Waals surface area contributed by atoms with Crippen molar-refractivity contribution in [2.45, 2.75) is 25.9 Å². The van der Waals surface area contributed by atoms with Gasteiger partial charge in [-0.3, -0.25) is 5.43 Å². The zero-order valence-electron chi connectivity index (χ0n) is 18.0. The van der Waals surface area contributed by atoms with Crippen LogP contribution >= 0.6 is 0 Å². The SMILES string of the molecule is CC1(C)Cc2cc(NC(=O)N3CC(c4ccccc4)=C(c4ccc(F)cc4)N3)ccc2O1. The largest absolute Gasteiger partial charge is 0.487 e. The molecule has 0 radical (unpaired) electrons. The first-order valence-corrected chi connectivity index (χ1v) is 10.6. The highest BCUT2D eigenvalue weighted by Gasteiger charge is 2.31. The van der Waals surface area contributed by atoms with Gasteiger partial charge in [0.05, 0.1) is 12.2 Å². The fourth-order valence-electron chi connectivity index (χ4n) is 4.21. The smallest absolute Gasteiger partial charge is 0.340 e. The van der Waals surface area contributed by atoms with Crippen LogP contribution in [0.1, 0.15) is 30.5 Å². The quantitative estimate of drug-likeness (QED) is 0.581. The molecule has 0 atom stereocenters. The maximum Gasteiger partial charge on any atom is 0.340 e. The molecule has 2 heterocycles. The maximum atomic E-state index is 13.5. The molecule has 3 aromatic rings. The van der Waals surface area contributed by atoms with Crippen molar-refractivity contribution in [1.82, 2.24) is 10.4 Å². The lowest BCUT2D eigenvalue weighted by atomic mass is 10.0. The van der Waals surface area contributed by atoms with E-state index in [0.29, 0.717) is 12.2 Å². The maximum absolute atomic E-state index is 13.5. The van der Waals surface area contributed by atoms with Crippen LogP contribution in [0.25, 0.3) is 11.3 Å². The van der Waals surface area contributed by atoms with Crippen LogP contribution in [0.3, 0.4) is 0 Å². The molecule has 6 heteroatoms. The average molecular weight is 429 g/mol. The molecule has 0 aromatic heterocycles. The molecule has 32 heavy (non-hydrogen) atoms. The predicted molar refractivity (Wildman–Crippen MR) is 123 cm³/mol. The van der Waals surface area contributed by atoms with E-state index < -0.39 is 0 Å². The van der Waals surface area contributed by atoms with Gasteiger partial charge in [0.2, 0.25) is 0 Å². The third-order valence-electron chi connectivity index (χ3n) is 5.68. The Kier molecular flexibility index (Phi) is 4.85. The lowest BCUT2D eigenvalue weighted by molar-refractivity contribution is 0.138. The number of hydrogen-bond donors (Lipinski definition) is 2. The molecule has 0 saturated heterocycles. The number of amides is 2. The van der Waals surface area contributed by atoms with Crippen molar-refractivity contribution < 1.29 is 13.9 Å². The molecule has 5 rings (SSSR count).